The number of anilines is 2. The molecular formula is C27H27N3O. The summed E-state index contributed by atoms with van der Waals surface area (Å²) in [5.74, 6) is 0.886. The Kier molecular flexibility index (Phi) is 6.18. The Morgan fingerprint density at radius 3 is 1.97 bits per heavy atom. The maximum Gasteiger partial charge on any atom is 0.119 e. The van der Waals surface area contributed by atoms with Gasteiger partial charge in [0.25, 0.3) is 0 Å². The van der Waals surface area contributed by atoms with Gasteiger partial charge < -0.3 is 9.30 Å². The fourth-order valence-corrected chi connectivity index (χ4v) is 3.71. The lowest BCUT2D eigenvalue weighted by Gasteiger charge is -2.19. The molecule has 4 rings (SSSR count). The molecule has 0 aliphatic rings. The average Bonchev–Trinajstić information content (AvgIpc) is 3.09. The van der Waals surface area contributed by atoms with Crippen molar-refractivity contribution in [1.29, 1.82) is 0 Å². The van der Waals surface area contributed by atoms with Crippen molar-refractivity contribution in [2.24, 2.45) is 5.10 Å². The summed E-state index contributed by atoms with van der Waals surface area (Å²) in [5, 5.41) is 6.82. The van der Waals surface area contributed by atoms with Crippen molar-refractivity contribution in [2.45, 2.75) is 20.8 Å². The number of aromatic nitrogens is 1. The summed E-state index contributed by atoms with van der Waals surface area (Å²) in [6, 6.07) is 30.8. The van der Waals surface area contributed by atoms with Gasteiger partial charge >= 0.3 is 0 Å². The van der Waals surface area contributed by atoms with Gasteiger partial charge in [-0.1, -0.05) is 36.4 Å². The second-order valence-electron chi connectivity index (χ2n) is 7.32. The number of hydrogen-bond donors (Lipinski definition) is 0. The number of benzene rings is 3. The van der Waals surface area contributed by atoms with Gasteiger partial charge in [0.15, 0.2) is 0 Å². The van der Waals surface area contributed by atoms with E-state index in [0.717, 1.165) is 39.8 Å². The van der Waals surface area contributed by atoms with Crippen molar-refractivity contribution in [2.75, 3.05) is 11.6 Å². The van der Waals surface area contributed by atoms with Crippen molar-refractivity contribution in [3.05, 3.63) is 108 Å². The van der Waals surface area contributed by atoms with Crippen LogP contribution in [0.5, 0.6) is 5.75 Å². The van der Waals surface area contributed by atoms with E-state index in [1.54, 1.807) is 0 Å². The third-order valence-corrected chi connectivity index (χ3v) is 5.19. The van der Waals surface area contributed by atoms with Crippen LogP contribution in [0.2, 0.25) is 0 Å². The summed E-state index contributed by atoms with van der Waals surface area (Å²) < 4.78 is 7.82. The van der Waals surface area contributed by atoms with Crippen molar-refractivity contribution < 1.29 is 4.74 Å². The van der Waals surface area contributed by atoms with Crippen LogP contribution in [0.1, 0.15) is 23.9 Å². The van der Waals surface area contributed by atoms with E-state index < -0.39 is 0 Å². The number of para-hydroxylation sites is 2. The van der Waals surface area contributed by atoms with Crippen LogP contribution >= 0.6 is 0 Å². The predicted octanol–water partition coefficient (Wildman–Crippen LogP) is 6.67. The molecule has 156 valence electrons. The Hall–Kier alpha value is -3.79. The van der Waals surface area contributed by atoms with E-state index in [4.69, 9.17) is 9.84 Å². The highest BCUT2D eigenvalue weighted by atomic mass is 16.5. The summed E-state index contributed by atoms with van der Waals surface area (Å²) in [6.45, 7) is 6.90. The van der Waals surface area contributed by atoms with Gasteiger partial charge in [0.2, 0.25) is 0 Å². The van der Waals surface area contributed by atoms with Gasteiger partial charge in [-0.2, -0.15) is 5.10 Å². The molecule has 1 aromatic heterocycles. The Bertz CT molecular complexity index is 1110. The monoisotopic (exact) mass is 409 g/mol. The third-order valence-electron chi connectivity index (χ3n) is 5.19. The minimum absolute atomic E-state index is 0.668. The van der Waals surface area contributed by atoms with Gasteiger partial charge in [-0.25, -0.2) is 5.01 Å². The molecule has 0 N–H and O–H groups in total. The van der Waals surface area contributed by atoms with Crippen LogP contribution in [0.4, 0.5) is 11.4 Å². The van der Waals surface area contributed by atoms with E-state index in [1.807, 2.05) is 66.7 Å². The Balaban J connectivity index is 1.67. The fraction of sp³-hybridized carbons (Fsp3) is 0.148. The number of hydrogen-bond acceptors (Lipinski definition) is 3. The molecule has 0 radical (unpaired) electrons. The minimum Gasteiger partial charge on any atom is -0.494 e. The molecule has 0 atom stereocenters. The molecule has 4 aromatic rings. The van der Waals surface area contributed by atoms with E-state index in [-0.39, 0.29) is 0 Å². The summed E-state index contributed by atoms with van der Waals surface area (Å²) in [5.41, 5.74) is 6.54. The summed E-state index contributed by atoms with van der Waals surface area (Å²) >= 11 is 0. The van der Waals surface area contributed by atoms with Gasteiger partial charge in [0, 0.05) is 22.6 Å². The Labute approximate surface area is 184 Å². The second-order valence-corrected chi connectivity index (χ2v) is 7.32. The molecular weight excluding hydrogens is 382 g/mol. The molecule has 4 nitrogen and oxygen atoms in total. The molecule has 0 saturated heterocycles. The molecule has 0 amide bonds. The lowest BCUT2D eigenvalue weighted by molar-refractivity contribution is 0.340. The zero-order chi connectivity index (χ0) is 21.6. The largest absolute Gasteiger partial charge is 0.494 e. The van der Waals surface area contributed by atoms with Gasteiger partial charge in [-0.3, -0.25) is 0 Å². The fourth-order valence-electron chi connectivity index (χ4n) is 3.71. The molecule has 31 heavy (non-hydrogen) atoms. The highest BCUT2D eigenvalue weighted by Gasteiger charge is 2.11. The number of hydrazone groups is 1. The van der Waals surface area contributed by atoms with Crippen molar-refractivity contribution in [3.8, 4) is 11.4 Å². The highest BCUT2D eigenvalue weighted by Crippen LogP contribution is 2.26. The summed E-state index contributed by atoms with van der Waals surface area (Å²) in [7, 11) is 0. The quantitative estimate of drug-likeness (QED) is 0.252. The predicted molar refractivity (Wildman–Crippen MR) is 129 cm³/mol. The molecule has 0 bridgehead atoms. The van der Waals surface area contributed by atoms with Crippen LogP contribution in [0.15, 0.2) is 96.1 Å². The van der Waals surface area contributed by atoms with Crippen molar-refractivity contribution >= 4 is 17.6 Å². The van der Waals surface area contributed by atoms with Crippen LogP contribution in [-0.2, 0) is 0 Å². The van der Waals surface area contributed by atoms with E-state index in [2.05, 4.69) is 60.9 Å². The van der Waals surface area contributed by atoms with Gasteiger partial charge in [0.05, 0.1) is 24.2 Å². The molecule has 3 aromatic carbocycles. The molecule has 1 heterocycles. The molecule has 0 saturated carbocycles. The molecule has 4 heteroatoms. The summed E-state index contributed by atoms with van der Waals surface area (Å²) in [4.78, 5) is 0. The minimum atomic E-state index is 0.668. The topological polar surface area (TPSA) is 29.8 Å². The molecule has 0 fully saturated rings. The van der Waals surface area contributed by atoms with E-state index in [1.165, 1.54) is 0 Å². The standard InChI is InChI=1S/C27H27N3O/c1-4-31-27-17-15-24(16-18-27)29-21(2)19-23(22(29)3)20-28-30(25-11-7-5-8-12-25)26-13-9-6-10-14-26/h5-20H,4H2,1-3H3/b28-20-. The smallest absolute Gasteiger partial charge is 0.119 e. The SMILES string of the molecule is CCOc1ccc(-n2c(C)cc(/C=N\N(c3ccccc3)c3ccccc3)c2C)cc1. The Morgan fingerprint density at radius 2 is 1.42 bits per heavy atom. The van der Waals surface area contributed by atoms with E-state index >= 15 is 0 Å². The normalized spacial score (nSPS) is 11.1. The maximum absolute atomic E-state index is 5.58. The molecule has 0 unspecified atom stereocenters. The molecule has 0 spiro atoms. The van der Waals surface area contributed by atoms with E-state index in [9.17, 15) is 0 Å². The first kappa shape index (κ1) is 20.5. The van der Waals surface area contributed by atoms with Crippen LogP contribution in [0.3, 0.4) is 0 Å². The lowest BCUT2D eigenvalue weighted by Crippen LogP contribution is -2.09. The molecule has 0 aliphatic heterocycles. The van der Waals surface area contributed by atoms with Crippen molar-refractivity contribution in [1.82, 2.24) is 4.57 Å². The number of nitrogens with zero attached hydrogens (tertiary/aromatic N) is 3. The third kappa shape index (κ3) is 4.53. The van der Waals surface area contributed by atoms with Gasteiger partial charge in [-0.05, 0) is 75.4 Å². The van der Waals surface area contributed by atoms with Crippen LogP contribution < -0.4 is 9.75 Å². The highest BCUT2D eigenvalue weighted by molar-refractivity contribution is 5.84. The van der Waals surface area contributed by atoms with Crippen LogP contribution in [0, 0.1) is 13.8 Å². The zero-order valence-corrected chi connectivity index (χ0v) is 18.2. The average molecular weight is 410 g/mol. The second kappa shape index (κ2) is 9.35. The first-order chi connectivity index (χ1) is 15.2. The van der Waals surface area contributed by atoms with Crippen molar-refractivity contribution in [3.63, 3.8) is 0 Å². The van der Waals surface area contributed by atoms with Crippen LogP contribution in [-0.4, -0.2) is 17.4 Å². The molecule has 0 aliphatic carbocycles. The maximum atomic E-state index is 5.58. The lowest BCUT2D eigenvalue weighted by atomic mass is 10.2. The first-order valence-corrected chi connectivity index (χ1v) is 10.5. The van der Waals surface area contributed by atoms with E-state index in [0.29, 0.717) is 6.61 Å². The number of aryl methyl sites for hydroxylation is 1. The van der Waals surface area contributed by atoms with Gasteiger partial charge in [-0.15, -0.1) is 0 Å². The van der Waals surface area contributed by atoms with Crippen LogP contribution in [0.25, 0.3) is 5.69 Å². The number of ether oxygens (including phenoxy) is 1. The van der Waals surface area contributed by atoms with Gasteiger partial charge in [0.1, 0.15) is 5.75 Å². The summed E-state index contributed by atoms with van der Waals surface area (Å²) in [6.07, 6.45) is 1.94. The Morgan fingerprint density at radius 1 is 0.839 bits per heavy atom. The zero-order valence-electron chi connectivity index (χ0n) is 18.2. The first-order valence-electron chi connectivity index (χ1n) is 10.5. The number of rotatable bonds is 7.